The molecule has 0 spiro atoms. The van der Waals surface area contributed by atoms with E-state index in [1.54, 1.807) is 6.20 Å². The summed E-state index contributed by atoms with van der Waals surface area (Å²) in [4.78, 5) is 19.4. The highest BCUT2D eigenvalue weighted by atomic mass is 16.5. The topological polar surface area (TPSA) is 55.0 Å². The number of nitrogens with one attached hydrogen (secondary N) is 1. The molecule has 0 bridgehead atoms. The van der Waals surface area contributed by atoms with Crippen molar-refractivity contribution < 1.29 is 9.53 Å². The van der Waals surface area contributed by atoms with Gasteiger partial charge in [0.1, 0.15) is 0 Å². The maximum atomic E-state index is 11.8. The van der Waals surface area contributed by atoms with Gasteiger partial charge in [0.15, 0.2) is 0 Å². The molecule has 2 heterocycles. The van der Waals surface area contributed by atoms with Crippen LogP contribution in [0.15, 0.2) is 42.7 Å². The maximum absolute atomic E-state index is 11.8. The number of benzene rings is 1. The van der Waals surface area contributed by atoms with Crippen LogP contribution in [0.1, 0.15) is 18.1 Å². The average Bonchev–Trinajstić information content (AvgIpc) is 2.87. The second-order valence-corrected chi connectivity index (χ2v) is 5.19. The second kappa shape index (κ2) is 6.02. The van der Waals surface area contributed by atoms with Crippen molar-refractivity contribution in [1.82, 2.24) is 9.97 Å². The summed E-state index contributed by atoms with van der Waals surface area (Å²) >= 11 is 0. The minimum absolute atomic E-state index is 0.196. The predicted octanol–water partition coefficient (Wildman–Crippen LogP) is 3.64. The van der Waals surface area contributed by atoms with Crippen LogP contribution in [0.25, 0.3) is 22.2 Å². The van der Waals surface area contributed by atoms with Gasteiger partial charge in [-0.1, -0.05) is 12.1 Å². The third kappa shape index (κ3) is 2.60. The minimum Gasteiger partial charge on any atom is -0.466 e. The van der Waals surface area contributed by atoms with E-state index in [-0.39, 0.29) is 12.4 Å². The first-order chi connectivity index (χ1) is 10.7. The number of carbonyl (C=O) groups is 1. The van der Waals surface area contributed by atoms with E-state index >= 15 is 0 Å². The van der Waals surface area contributed by atoms with E-state index in [4.69, 9.17) is 4.74 Å². The Morgan fingerprint density at radius 3 is 2.86 bits per heavy atom. The molecule has 0 aliphatic heterocycles. The molecule has 0 saturated heterocycles. The van der Waals surface area contributed by atoms with Gasteiger partial charge in [-0.15, -0.1) is 0 Å². The van der Waals surface area contributed by atoms with Gasteiger partial charge in [0.05, 0.1) is 18.7 Å². The Hall–Kier alpha value is -2.62. The van der Waals surface area contributed by atoms with Crippen molar-refractivity contribution in [3.8, 4) is 11.3 Å². The molecule has 3 rings (SSSR count). The molecular formula is C18H18N2O2. The second-order valence-electron chi connectivity index (χ2n) is 5.19. The quantitative estimate of drug-likeness (QED) is 0.747. The van der Waals surface area contributed by atoms with Crippen LogP contribution in [0.4, 0.5) is 0 Å². The monoisotopic (exact) mass is 294 g/mol. The molecule has 4 heteroatoms. The van der Waals surface area contributed by atoms with Crippen LogP contribution >= 0.6 is 0 Å². The zero-order valence-electron chi connectivity index (χ0n) is 12.7. The fourth-order valence-corrected chi connectivity index (χ4v) is 2.81. The van der Waals surface area contributed by atoms with Crippen molar-refractivity contribution >= 4 is 16.9 Å². The highest BCUT2D eigenvalue weighted by Crippen LogP contribution is 2.31. The number of hydrogen-bond donors (Lipinski definition) is 1. The zero-order chi connectivity index (χ0) is 15.5. The van der Waals surface area contributed by atoms with Crippen molar-refractivity contribution in [1.29, 1.82) is 0 Å². The van der Waals surface area contributed by atoms with Crippen LogP contribution in [0.2, 0.25) is 0 Å². The van der Waals surface area contributed by atoms with Gasteiger partial charge in [-0.05, 0) is 43.2 Å². The molecule has 4 nitrogen and oxygen atoms in total. The number of carbonyl (C=O) groups excluding carboxylic acids is 1. The molecule has 112 valence electrons. The lowest BCUT2D eigenvalue weighted by molar-refractivity contribution is -0.142. The Kier molecular flexibility index (Phi) is 3.92. The molecule has 1 aromatic carbocycles. The summed E-state index contributed by atoms with van der Waals surface area (Å²) in [6.07, 6.45) is 3.88. The van der Waals surface area contributed by atoms with Crippen LogP contribution in [0.3, 0.4) is 0 Å². The van der Waals surface area contributed by atoms with Gasteiger partial charge in [0.2, 0.25) is 0 Å². The summed E-state index contributed by atoms with van der Waals surface area (Å²) in [5, 5.41) is 1.09. The summed E-state index contributed by atoms with van der Waals surface area (Å²) in [6, 6.07) is 9.90. The minimum atomic E-state index is -0.196. The zero-order valence-corrected chi connectivity index (χ0v) is 12.7. The molecule has 1 N–H and O–H groups in total. The van der Waals surface area contributed by atoms with E-state index in [1.807, 2.05) is 43.5 Å². The molecule has 0 unspecified atom stereocenters. The lowest BCUT2D eigenvalue weighted by Gasteiger charge is -2.05. The summed E-state index contributed by atoms with van der Waals surface area (Å²) in [7, 11) is 0. The standard InChI is InChI=1S/C18H18N2O2/c1-3-22-16(21)10-13-6-4-8-15-17(13)12(2)18(20-15)14-7-5-9-19-11-14/h4-9,11,20H,3,10H2,1-2H3. The van der Waals surface area contributed by atoms with Crippen LogP contribution in [-0.4, -0.2) is 22.5 Å². The number of pyridine rings is 1. The van der Waals surface area contributed by atoms with Crippen molar-refractivity contribution in [3.05, 3.63) is 53.9 Å². The number of aryl methyl sites for hydroxylation is 1. The molecule has 0 aliphatic rings. The highest BCUT2D eigenvalue weighted by molar-refractivity contribution is 5.94. The normalized spacial score (nSPS) is 10.8. The van der Waals surface area contributed by atoms with Gasteiger partial charge in [0.25, 0.3) is 0 Å². The molecule has 0 atom stereocenters. The largest absolute Gasteiger partial charge is 0.466 e. The number of aromatic nitrogens is 2. The Bertz CT molecular complexity index is 807. The van der Waals surface area contributed by atoms with E-state index in [9.17, 15) is 4.79 Å². The van der Waals surface area contributed by atoms with Crippen LogP contribution in [-0.2, 0) is 16.0 Å². The third-order valence-electron chi connectivity index (χ3n) is 3.75. The lowest BCUT2D eigenvalue weighted by atomic mass is 10.0. The summed E-state index contributed by atoms with van der Waals surface area (Å²) in [5.41, 5.74) is 5.22. The van der Waals surface area contributed by atoms with Crippen molar-refractivity contribution in [2.24, 2.45) is 0 Å². The maximum Gasteiger partial charge on any atom is 0.310 e. The third-order valence-corrected chi connectivity index (χ3v) is 3.75. The number of hydrogen-bond acceptors (Lipinski definition) is 3. The summed E-state index contributed by atoms with van der Waals surface area (Å²) in [5.74, 6) is -0.196. The molecule has 3 aromatic rings. The van der Waals surface area contributed by atoms with Crippen molar-refractivity contribution in [3.63, 3.8) is 0 Å². The molecule has 0 radical (unpaired) electrons. The van der Waals surface area contributed by atoms with E-state index in [1.165, 1.54) is 0 Å². The van der Waals surface area contributed by atoms with Crippen molar-refractivity contribution in [2.45, 2.75) is 20.3 Å². The van der Waals surface area contributed by atoms with E-state index in [2.05, 4.69) is 16.9 Å². The molecule has 22 heavy (non-hydrogen) atoms. The molecular weight excluding hydrogens is 276 g/mol. The first-order valence-corrected chi connectivity index (χ1v) is 7.37. The number of nitrogens with zero attached hydrogens (tertiary/aromatic N) is 1. The number of esters is 1. The predicted molar refractivity (Wildman–Crippen MR) is 86.6 cm³/mol. The van der Waals surface area contributed by atoms with Gasteiger partial charge in [-0.3, -0.25) is 9.78 Å². The molecule has 0 saturated carbocycles. The molecule has 0 amide bonds. The Balaban J connectivity index is 2.09. The SMILES string of the molecule is CCOC(=O)Cc1cccc2[nH]c(-c3cccnc3)c(C)c12. The highest BCUT2D eigenvalue weighted by Gasteiger charge is 2.15. The van der Waals surface area contributed by atoms with Crippen LogP contribution in [0.5, 0.6) is 0 Å². The van der Waals surface area contributed by atoms with Gasteiger partial charge in [-0.2, -0.15) is 0 Å². The van der Waals surface area contributed by atoms with Crippen LogP contribution < -0.4 is 0 Å². The summed E-state index contributed by atoms with van der Waals surface area (Å²) in [6.45, 7) is 4.29. The van der Waals surface area contributed by atoms with E-state index < -0.39 is 0 Å². The number of ether oxygens (including phenoxy) is 1. The fraction of sp³-hybridized carbons (Fsp3) is 0.222. The molecule has 2 aromatic heterocycles. The lowest BCUT2D eigenvalue weighted by Crippen LogP contribution is -2.07. The first kappa shape index (κ1) is 14.3. The van der Waals surface area contributed by atoms with Crippen LogP contribution in [0, 0.1) is 6.92 Å². The molecule has 0 fully saturated rings. The number of aromatic amines is 1. The number of rotatable bonds is 4. The summed E-state index contributed by atoms with van der Waals surface area (Å²) < 4.78 is 5.07. The molecule has 0 aliphatic carbocycles. The van der Waals surface area contributed by atoms with E-state index in [0.29, 0.717) is 6.61 Å². The average molecular weight is 294 g/mol. The van der Waals surface area contributed by atoms with Gasteiger partial charge < -0.3 is 9.72 Å². The van der Waals surface area contributed by atoms with Crippen molar-refractivity contribution in [2.75, 3.05) is 6.61 Å². The number of H-pyrrole nitrogens is 1. The van der Waals surface area contributed by atoms with Gasteiger partial charge in [-0.25, -0.2) is 0 Å². The first-order valence-electron chi connectivity index (χ1n) is 7.37. The Morgan fingerprint density at radius 2 is 2.14 bits per heavy atom. The fourth-order valence-electron chi connectivity index (χ4n) is 2.81. The Labute approximate surface area is 129 Å². The van der Waals surface area contributed by atoms with Gasteiger partial charge in [0, 0.05) is 28.9 Å². The Morgan fingerprint density at radius 1 is 1.27 bits per heavy atom. The number of fused-ring (bicyclic) bond motifs is 1. The van der Waals surface area contributed by atoms with Gasteiger partial charge >= 0.3 is 5.97 Å². The smallest absolute Gasteiger partial charge is 0.310 e. The van der Waals surface area contributed by atoms with E-state index in [0.717, 1.165) is 33.3 Å².